The molecule has 1 aromatic carbocycles. The molecule has 1 aliphatic rings. The molecule has 2 rings (SSSR count). The van der Waals surface area contributed by atoms with E-state index >= 15 is 0 Å². The fourth-order valence-electron chi connectivity index (χ4n) is 1.73. The number of thioether (sulfide) groups is 1. The van der Waals surface area contributed by atoms with Gasteiger partial charge in [0.25, 0.3) is 0 Å². The fraction of sp³-hybridized carbons (Fsp3) is 0.462. The lowest BCUT2D eigenvalue weighted by Gasteiger charge is -2.08. The Bertz CT molecular complexity index is 412. The Morgan fingerprint density at radius 2 is 2.44 bits per heavy atom. The van der Waals surface area contributed by atoms with Crippen molar-refractivity contribution in [2.45, 2.75) is 24.5 Å². The van der Waals surface area contributed by atoms with E-state index in [1.807, 2.05) is 0 Å². The number of hydrogen-bond acceptors (Lipinski definition) is 4. The first-order valence-corrected chi connectivity index (χ1v) is 7.13. The number of benzene rings is 1. The second-order valence-corrected chi connectivity index (χ2v) is 5.24. The second-order valence-electron chi connectivity index (χ2n) is 4.15. The summed E-state index contributed by atoms with van der Waals surface area (Å²) in [5.74, 6) is 0.795. The summed E-state index contributed by atoms with van der Waals surface area (Å²) in [6.07, 6.45) is -0.318. The molecule has 0 spiro atoms. The van der Waals surface area contributed by atoms with Crippen molar-refractivity contribution in [2.24, 2.45) is 0 Å². The van der Waals surface area contributed by atoms with Crippen LogP contribution in [-0.4, -0.2) is 31.0 Å². The summed E-state index contributed by atoms with van der Waals surface area (Å²) >= 11 is 1.72. The maximum Gasteiger partial charge on any atom is 0.407 e. The molecular formula is C13H18N2O2S. The van der Waals surface area contributed by atoms with Crippen molar-refractivity contribution in [3.8, 4) is 0 Å². The summed E-state index contributed by atoms with van der Waals surface area (Å²) in [4.78, 5) is 12.1. The normalized spacial score (nSPS) is 18.5. The third-order valence-corrected chi connectivity index (χ3v) is 3.79. The molecule has 4 nitrogen and oxygen atoms in total. The van der Waals surface area contributed by atoms with Gasteiger partial charge in [0.15, 0.2) is 0 Å². The first kappa shape index (κ1) is 13.2. The standard InChI is InChI=1S/C13H18N2O2S/c1-2-14-7-10-4-3-5-12(6-10)18-9-11-8-15-13(16)17-11/h3-6,11,14H,2,7-9H2,1H3,(H,15,16). The van der Waals surface area contributed by atoms with E-state index in [1.54, 1.807) is 11.8 Å². The topological polar surface area (TPSA) is 50.4 Å². The number of ether oxygens (including phenoxy) is 1. The zero-order valence-electron chi connectivity index (χ0n) is 10.4. The minimum atomic E-state index is -0.304. The highest BCUT2D eigenvalue weighted by Crippen LogP contribution is 2.21. The van der Waals surface area contributed by atoms with Gasteiger partial charge in [-0.2, -0.15) is 0 Å². The van der Waals surface area contributed by atoms with Crippen LogP contribution in [0.25, 0.3) is 0 Å². The molecule has 1 unspecified atom stereocenters. The monoisotopic (exact) mass is 266 g/mol. The van der Waals surface area contributed by atoms with Crippen molar-refractivity contribution in [2.75, 3.05) is 18.8 Å². The van der Waals surface area contributed by atoms with Crippen LogP contribution in [0.2, 0.25) is 0 Å². The van der Waals surface area contributed by atoms with Gasteiger partial charge in [-0.05, 0) is 24.2 Å². The first-order valence-electron chi connectivity index (χ1n) is 6.15. The summed E-state index contributed by atoms with van der Waals surface area (Å²) in [6, 6.07) is 8.44. The molecule has 0 aromatic heterocycles. The molecule has 0 radical (unpaired) electrons. The lowest BCUT2D eigenvalue weighted by Crippen LogP contribution is -2.16. The average Bonchev–Trinajstić information content (AvgIpc) is 2.80. The number of alkyl carbamates (subject to hydrolysis) is 1. The number of amides is 1. The molecule has 1 aromatic rings. The highest BCUT2D eigenvalue weighted by molar-refractivity contribution is 7.99. The van der Waals surface area contributed by atoms with Crippen molar-refractivity contribution < 1.29 is 9.53 Å². The van der Waals surface area contributed by atoms with Crippen LogP contribution < -0.4 is 10.6 Å². The molecule has 2 N–H and O–H groups in total. The van der Waals surface area contributed by atoms with Crippen LogP contribution in [0.5, 0.6) is 0 Å². The van der Waals surface area contributed by atoms with Crippen LogP contribution in [-0.2, 0) is 11.3 Å². The predicted molar refractivity (Wildman–Crippen MR) is 72.8 cm³/mol. The molecule has 1 amide bonds. The molecule has 0 bridgehead atoms. The summed E-state index contributed by atoms with van der Waals surface area (Å²) in [7, 11) is 0. The molecule has 18 heavy (non-hydrogen) atoms. The Kier molecular flexibility index (Phi) is 4.90. The van der Waals surface area contributed by atoms with Gasteiger partial charge in [-0.15, -0.1) is 11.8 Å². The Balaban J connectivity index is 1.83. The molecule has 0 aliphatic carbocycles. The van der Waals surface area contributed by atoms with E-state index in [-0.39, 0.29) is 12.2 Å². The van der Waals surface area contributed by atoms with Crippen LogP contribution in [0.15, 0.2) is 29.2 Å². The zero-order valence-corrected chi connectivity index (χ0v) is 11.3. The van der Waals surface area contributed by atoms with E-state index in [0.717, 1.165) is 18.8 Å². The summed E-state index contributed by atoms with van der Waals surface area (Å²) < 4.78 is 5.09. The van der Waals surface area contributed by atoms with E-state index < -0.39 is 0 Å². The van der Waals surface area contributed by atoms with Crippen LogP contribution in [0.4, 0.5) is 4.79 Å². The van der Waals surface area contributed by atoms with Gasteiger partial charge in [0, 0.05) is 17.2 Å². The van der Waals surface area contributed by atoms with Crippen LogP contribution in [0.1, 0.15) is 12.5 Å². The van der Waals surface area contributed by atoms with Crippen molar-refractivity contribution >= 4 is 17.9 Å². The van der Waals surface area contributed by atoms with E-state index in [2.05, 4.69) is 41.8 Å². The Morgan fingerprint density at radius 1 is 1.56 bits per heavy atom. The maximum absolute atomic E-state index is 10.9. The van der Waals surface area contributed by atoms with Gasteiger partial charge in [-0.25, -0.2) is 4.79 Å². The number of rotatable bonds is 6. The van der Waals surface area contributed by atoms with E-state index in [9.17, 15) is 4.79 Å². The third kappa shape index (κ3) is 3.92. The number of hydrogen-bond donors (Lipinski definition) is 2. The van der Waals surface area contributed by atoms with Crippen LogP contribution in [0.3, 0.4) is 0 Å². The Labute approximate surface area is 111 Å². The number of cyclic esters (lactones) is 1. The largest absolute Gasteiger partial charge is 0.443 e. The lowest BCUT2D eigenvalue weighted by molar-refractivity contribution is 0.150. The van der Waals surface area contributed by atoms with Gasteiger partial charge in [0.1, 0.15) is 6.10 Å². The summed E-state index contributed by atoms with van der Waals surface area (Å²) in [5, 5.41) is 5.97. The van der Waals surface area contributed by atoms with Crippen LogP contribution >= 0.6 is 11.8 Å². The Hall–Kier alpha value is -1.20. The van der Waals surface area contributed by atoms with E-state index in [1.165, 1.54) is 10.5 Å². The molecule has 98 valence electrons. The van der Waals surface area contributed by atoms with Gasteiger partial charge in [-0.3, -0.25) is 0 Å². The molecule has 0 saturated carbocycles. The van der Waals surface area contributed by atoms with Gasteiger partial charge in [0.2, 0.25) is 0 Å². The molecule has 5 heteroatoms. The Morgan fingerprint density at radius 3 is 3.17 bits per heavy atom. The first-order chi connectivity index (χ1) is 8.78. The van der Waals surface area contributed by atoms with E-state index in [0.29, 0.717) is 6.54 Å². The SMILES string of the molecule is CCNCc1cccc(SCC2CNC(=O)O2)c1. The van der Waals surface area contributed by atoms with Crippen molar-refractivity contribution in [1.29, 1.82) is 0 Å². The summed E-state index contributed by atoms with van der Waals surface area (Å²) in [5.41, 5.74) is 1.28. The predicted octanol–water partition coefficient (Wildman–Crippen LogP) is 2.00. The molecule has 1 heterocycles. The second kappa shape index (κ2) is 6.66. The number of carbonyl (C=O) groups excluding carboxylic acids is 1. The van der Waals surface area contributed by atoms with Gasteiger partial charge in [0.05, 0.1) is 6.54 Å². The maximum atomic E-state index is 10.9. The van der Waals surface area contributed by atoms with Crippen LogP contribution in [0, 0.1) is 0 Å². The lowest BCUT2D eigenvalue weighted by atomic mass is 10.2. The molecule has 1 saturated heterocycles. The van der Waals surface area contributed by atoms with Crippen molar-refractivity contribution in [1.82, 2.24) is 10.6 Å². The third-order valence-electron chi connectivity index (χ3n) is 2.66. The van der Waals surface area contributed by atoms with Crippen molar-refractivity contribution in [3.63, 3.8) is 0 Å². The minimum Gasteiger partial charge on any atom is -0.443 e. The van der Waals surface area contributed by atoms with Gasteiger partial charge in [-0.1, -0.05) is 19.1 Å². The quantitative estimate of drug-likeness (QED) is 0.773. The molecular weight excluding hydrogens is 248 g/mol. The summed E-state index contributed by atoms with van der Waals surface area (Å²) in [6.45, 7) is 4.58. The molecule has 1 aliphatic heterocycles. The zero-order chi connectivity index (χ0) is 12.8. The van der Waals surface area contributed by atoms with Gasteiger partial charge < -0.3 is 15.4 Å². The van der Waals surface area contributed by atoms with Crippen molar-refractivity contribution in [3.05, 3.63) is 29.8 Å². The number of carbonyl (C=O) groups is 1. The van der Waals surface area contributed by atoms with Gasteiger partial charge >= 0.3 is 6.09 Å². The average molecular weight is 266 g/mol. The highest BCUT2D eigenvalue weighted by Gasteiger charge is 2.22. The molecule has 1 fully saturated rings. The smallest absolute Gasteiger partial charge is 0.407 e. The fourth-order valence-corrected chi connectivity index (χ4v) is 2.70. The minimum absolute atomic E-state index is 0.0140. The van der Waals surface area contributed by atoms with E-state index in [4.69, 9.17) is 4.74 Å². The number of nitrogens with one attached hydrogen (secondary N) is 2. The highest BCUT2D eigenvalue weighted by atomic mass is 32.2. The molecule has 1 atom stereocenters.